The first-order valence-electron chi connectivity index (χ1n) is 8.17. The predicted molar refractivity (Wildman–Crippen MR) is 97.8 cm³/mol. The van der Waals surface area contributed by atoms with E-state index in [0.29, 0.717) is 12.5 Å². The Balaban J connectivity index is 2.29. The molecule has 23 heavy (non-hydrogen) atoms. The topological polar surface area (TPSA) is 38.9 Å². The van der Waals surface area contributed by atoms with Gasteiger partial charge in [-0.05, 0) is 56.9 Å². The largest absolute Gasteiger partial charge is 0.494 e. The van der Waals surface area contributed by atoms with Crippen molar-refractivity contribution in [3.63, 3.8) is 0 Å². The van der Waals surface area contributed by atoms with Crippen LogP contribution in [-0.4, -0.2) is 17.5 Å². The van der Waals surface area contributed by atoms with Crippen LogP contribution in [0.25, 0.3) is 0 Å². The zero-order chi connectivity index (χ0) is 16.7. The highest BCUT2D eigenvalue weighted by molar-refractivity contribution is 7.07. The molecule has 0 saturated heterocycles. The van der Waals surface area contributed by atoms with E-state index in [-0.39, 0.29) is 0 Å². The molecule has 4 nitrogen and oxygen atoms in total. The van der Waals surface area contributed by atoms with Crippen LogP contribution < -0.4 is 9.54 Å². The summed E-state index contributed by atoms with van der Waals surface area (Å²) < 4.78 is 7.38. The third-order valence-corrected chi connectivity index (χ3v) is 4.60. The van der Waals surface area contributed by atoms with E-state index in [1.54, 1.807) is 11.3 Å². The highest BCUT2D eigenvalue weighted by Crippen LogP contribution is 2.18. The van der Waals surface area contributed by atoms with Crippen molar-refractivity contribution < 1.29 is 4.74 Å². The van der Waals surface area contributed by atoms with Gasteiger partial charge >= 0.3 is 0 Å². The Morgan fingerprint density at radius 2 is 1.87 bits per heavy atom. The molecule has 0 amide bonds. The van der Waals surface area contributed by atoms with Crippen LogP contribution in [0.3, 0.4) is 0 Å². The number of hydrogen-bond donors (Lipinski definition) is 0. The van der Waals surface area contributed by atoms with Crippen LogP contribution in [0.1, 0.15) is 39.3 Å². The van der Waals surface area contributed by atoms with E-state index in [4.69, 9.17) is 9.73 Å². The summed E-state index contributed by atoms with van der Waals surface area (Å²) in [5, 5.41) is 6.72. The SMILES string of the molecule is CCOc1ccc(N=c2scc(C)n2N=CC(CC)CC)cc1. The van der Waals surface area contributed by atoms with Gasteiger partial charge in [0, 0.05) is 11.6 Å². The van der Waals surface area contributed by atoms with Crippen LogP contribution in [0, 0.1) is 12.8 Å². The fraction of sp³-hybridized carbons (Fsp3) is 0.444. The molecule has 0 fully saturated rings. The maximum Gasteiger partial charge on any atom is 0.211 e. The second-order valence-electron chi connectivity index (χ2n) is 5.35. The molecule has 0 saturated carbocycles. The molecule has 0 unspecified atom stereocenters. The van der Waals surface area contributed by atoms with E-state index in [1.165, 1.54) is 0 Å². The summed E-state index contributed by atoms with van der Waals surface area (Å²) in [4.78, 5) is 5.59. The van der Waals surface area contributed by atoms with Gasteiger partial charge in [0.2, 0.25) is 4.80 Å². The zero-order valence-electron chi connectivity index (χ0n) is 14.3. The van der Waals surface area contributed by atoms with Crippen molar-refractivity contribution in [2.24, 2.45) is 16.0 Å². The number of ether oxygens (including phenoxy) is 1. The summed E-state index contributed by atoms with van der Waals surface area (Å²) in [6.07, 6.45) is 4.25. The normalized spacial score (nSPS) is 12.5. The molecule has 1 aromatic carbocycles. The standard InChI is InChI=1S/C18H25N3OS/c1-5-15(6-2)12-19-21-14(4)13-23-18(21)20-16-8-10-17(11-9-16)22-7-3/h8-13,15H,5-7H2,1-4H3. The Bertz CT molecular complexity index is 694. The Kier molecular flexibility index (Phi) is 6.59. The first kappa shape index (κ1) is 17.5. The minimum Gasteiger partial charge on any atom is -0.494 e. The van der Waals surface area contributed by atoms with Crippen molar-refractivity contribution in [2.75, 3.05) is 6.61 Å². The van der Waals surface area contributed by atoms with Crippen LogP contribution in [0.15, 0.2) is 39.7 Å². The molecule has 2 rings (SSSR count). The number of hydrogen-bond acceptors (Lipinski definition) is 4. The molecule has 0 bridgehead atoms. The van der Waals surface area contributed by atoms with Gasteiger partial charge in [-0.2, -0.15) is 5.10 Å². The maximum absolute atomic E-state index is 5.46. The molecular weight excluding hydrogens is 306 g/mol. The van der Waals surface area contributed by atoms with E-state index in [2.05, 4.69) is 31.3 Å². The maximum atomic E-state index is 5.46. The van der Waals surface area contributed by atoms with E-state index < -0.39 is 0 Å². The first-order chi connectivity index (χ1) is 11.2. The highest BCUT2D eigenvalue weighted by Gasteiger charge is 2.02. The smallest absolute Gasteiger partial charge is 0.211 e. The van der Waals surface area contributed by atoms with E-state index in [9.17, 15) is 0 Å². The molecule has 0 aliphatic rings. The van der Waals surface area contributed by atoms with E-state index in [0.717, 1.165) is 34.8 Å². The van der Waals surface area contributed by atoms with E-state index in [1.807, 2.05) is 42.1 Å². The lowest BCUT2D eigenvalue weighted by atomic mass is 10.1. The van der Waals surface area contributed by atoms with Gasteiger partial charge in [0.15, 0.2) is 0 Å². The monoisotopic (exact) mass is 331 g/mol. The summed E-state index contributed by atoms with van der Waals surface area (Å²) in [5.41, 5.74) is 2.00. The van der Waals surface area contributed by atoms with Crippen LogP contribution in [-0.2, 0) is 0 Å². The van der Waals surface area contributed by atoms with E-state index >= 15 is 0 Å². The molecule has 5 heteroatoms. The molecule has 1 aromatic heterocycles. The number of aromatic nitrogens is 1. The van der Waals surface area contributed by atoms with Gasteiger partial charge in [-0.25, -0.2) is 9.67 Å². The lowest BCUT2D eigenvalue weighted by molar-refractivity contribution is 0.340. The molecule has 0 radical (unpaired) electrons. The summed E-state index contributed by atoms with van der Waals surface area (Å²) in [5.74, 6) is 1.38. The number of benzene rings is 1. The third kappa shape index (κ3) is 4.79. The number of thiazole rings is 1. The van der Waals surface area contributed by atoms with Gasteiger partial charge in [0.1, 0.15) is 5.75 Å². The summed E-state index contributed by atoms with van der Waals surface area (Å²) in [6.45, 7) is 9.09. The number of aryl methyl sites for hydroxylation is 1. The predicted octanol–water partition coefficient (Wildman–Crippen LogP) is 4.76. The van der Waals surface area contributed by atoms with Crippen LogP contribution in [0.5, 0.6) is 5.75 Å². The molecule has 0 N–H and O–H groups in total. The molecule has 0 atom stereocenters. The van der Waals surface area contributed by atoms with Gasteiger partial charge < -0.3 is 4.74 Å². The summed E-state index contributed by atoms with van der Waals surface area (Å²) >= 11 is 1.60. The molecule has 1 heterocycles. The summed E-state index contributed by atoms with van der Waals surface area (Å²) in [6, 6.07) is 7.82. The second kappa shape index (κ2) is 8.67. The van der Waals surface area contributed by atoms with Gasteiger partial charge in [-0.3, -0.25) is 0 Å². The van der Waals surface area contributed by atoms with Crippen molar-refractivity contribution in [3.8, 4) is 5.75 Å². The zero-order valence-corrected chi connectivity index (χ0v) is 15.1. The Hall–Kier alpha value is -1.88. The minimum absolute atomic E-state index is 0.514. The lowest BCUT2D eigenvalue weighted by Crippen LogP contribution is -2.12. The quantitative estimate of drug-likeness (QED) is 0.674. The molecular formula is C18H25N3OS. The van der Waals surface area contributed by atoms with Crippen LogP contribution in [0.2, 0.25) is 0 Å². The van der Waals surface area contributed by atoms with Gasteiger partial charge in [0.05, 0.1) is 18.0 Å². The molecule has 124 valence electrons. The average Bonchev–Trinajstić information content (AvgIpc) is 2.91. The molecule has 2 aromatic rings. The minimum atomic E-state index is 0.514. The Labute approximate surface area is 142 Å². The van der Waals surface area contributed by atoms with Crippen molar-refractivity contribution in [1.29, 1.82) is 0 Å². The second-order valence-corrected chi connectivity index (χ2v) is 6.19. The van der Waals surface area contributed by atoms with Crippen LogP contribution >= 0.6 is 11.3 Å². The number of rotatable bonds is 7. The lowest BCUT2D eigenvalue weighted by Gasteiger charge is -2.05. The van der Waals surface area contributed by atoms with Crippen molar-refractivity contribution in [3.05, 3.63) is 40.1 Å². The van der Waals surface area contributed by atoms with Crippen LogP contribution in [0.4, 0.5) is 5.69 Å². The summed E-state index contributed by atoms with van der Waals surface area (Å²) in [7, 11) is 0. The van der Waals surface area contributed by atoms with Crippen molar-refractivity contribution in [2.45, 2.75) is 40.5 Å². The van der Waals surface area contributed by atoms with Gasteiger partial charge in [0.25, 0.3) is 0 Å². The fourth-order valence-corrected chi connectivity index (χ4v) is 2.98. The first-order valence-corrected chi connectivity index (χ1v) is 9.05. The van der Waals surface area contributed by atoms with Crippen molar-refractivity contribution >= 4 is 23.2 Å². The average molecular weight is 331 g/mol. The highest BCUT2D eigenvalue weighted by atomic mass is 32.1. The van der Waals surface area contributed by atoms with Gasteiger partial charge in [-0.15, -0.1) is 11.3 Å². The molecule has 0 spiro atoms. The number of nitrogens with zero attached hydrogens (tertiary/aromatic N) is 3. The molecule has 0 aliphatic heterocycles. The molecule has 0 aliphatic carbocycles. The Morgan fingerprint density at radius 3 is 2.48 bits per heavy atom. The Morgan fingerprint density at radius 1 is 1.17 bits per heavy atom. The van der Waals surface area contributed by atoms with Gasteiger partial charge in [-0.1, -0.05) is 13.8 Å². The van der Waals surface area contributed by atoms with Crippen molar-refractivity contribution in [1.82, 2.24) is 4.68 Å². The fourth-order valence-electron chi connectivity index (χ4n) is 2.16. The third-order valence-electron chi connectivity index (χ3n) is 3.66.